The molecule has 3 heterocycles. The summed E-state index contributed by atoms with van der Waals surface area (Å²) in [5, 5.41) is 11.9. The second-order valence-corrected chi connectivity index (χ2v) is 8.71. The summed E-state index contributed by atoms with van der Waals surface area (Å²) in [6.07, 6.45) is 2.99. The summed E-state index contributed by atoms with van der Waals surface area (Å²) in [5.74, 6) is -2.17. The summed E-state index contributed by atoms with van der Waals surface area (Å²) in [4.78, 5) is 52.7. The molecule has 3 aliphatic heterocycles. The lowest BCUT2D eigenvalue weighted by Crippen LogP contribution is -2.71. The zero-order chi connectivity index (χ0) is 21.3. The van der Waals surface area contributed by atoms with Crippen LogP contribution >= 0.6 is 11.8 Å². The number of piperidine rings is 1. The average molecular weight is 429 g/mol. The number of carbonyl (C=O) groups excluding carboxylic acids is 3. The topological polar surface area (TPSA) is 107 Å². The van der Waals surface area contributed by atoms with Crippen LogP contribution in [0.4, 0.5) is 0 Å². The molecule has 3 aliphatic rings. The Morgan fingerprint density at radius 3 is 2.47 bits per heavy atom. The average Bonchev–Trinajstić information content (AvgIpc) is 2.77. The van der Waals surface area contributed by atoms with Gasteiger partial charge in [-0.2, -0.15) is 0 Å². The van der Waals surface area contributed by atoms with Crippen LogP contribution in [0.1, 0.15) is 24.8 Å². The highest BCUT2D eigenvalue weighted by Gasteiger charge is 2.55. The van der Waals surface area contributed by atoms with E-state index in [1.165, 1.54) is 11.8 Å². The molecule has 1 aromatic rings. The van der Waals surface area contributed by atoms with Gasteiger partial charge in [0.1, 0.15) is 17.1 Å². The number of nitrogens with zero attached hydrogens (tertiary/aromatic N) is 2. The van der Waals surface area contributed by atoms with Gasteiger partial charge in [-0.3, -0.25) is 19.3 Å². The number of nitrogens with one attached hydrogen (secondary N) is 1. The number of carboxylic acid groups (broad SMARTS) is 1. The van der Waals surface area contributed by atoms with Crippen LogP contribution in [0.25, 0.3) is 0 Å². The summed E-state index contributed by atoms with van der Waals surface area (Å²) < 4.78 is 0. The molecule has 30 heavy (non-hydrogen) atoms. The second-order valence-electron chi connectivity index (χ2n) is 7.60. The van der Waals surface area contributed by atoms with Gasteiger partial charge < -0.3 is 15.3 Å². The third-order valence-electron chi connectivity index (χ3n) is 5.60. The number of likely N-dealkylation sites (tertiary alicyclic amines) is 1. The molecule has 0 bridgehead atoms. The van der Waals surface area contributed by atoms with Gasteiger partial charge >= 0.3 is 5.97 Å². The van der Waals surface area contributed by atoms with Crippen LogP contribution in [0.15, 0.2) is 41.6 Å². The van der Waals surface area contributed by atoms with Gasteiger partial charge in [0.25, 0.3) is 11.8 Å². The third-order valence-corrected chi connectivity index (χ3v) is 6.88. The van der Waals surface area contributed by atoms with Gasteiger partial charge in [0.15, 0.2) is 0 Å². The number of carboxylic acids is 1. The van der Waals surface area contributed by atoms with Crippen molar-refractivity contribution in [3.63, 3.8) is 0 Å². The first-order valence-corrected chi connectivity index (χ1v) is 11.1. The molecule has 0 aliphatic carbocycles. The molecule has 0 spiro atoms. The smallest absolute Gasteiger partial charge is 0.353 e. The van der Waals surface area contributed by atoms with E-state index in [1.54, 1.807) is 4.90 Å². The quantitative estimate of drug-likeness (QED) is 0.676. The molecule has 0 saturated carbocycles. The monoisotopic (exact) mass is 429 g/mol. The maximum atomic E-state index is 12.9. The highest BCUT2D eigenvalue weighted by Crippen LogP contribution is 2.41. The van der Waals surface area contributed by atoms with E-state index in [2.05, 4.69) is 5.32 Å². The van der Waals surface area contributed by atoms with Crippen LogP contribution in [0.2, 0.25) is 0 Å². The van der Waals surface area contributed by atoms with E-state index in [0.717, 1.165) is 29.7 Å². The fourth-order valence-corrected chi connectivity index (χ4v) is 5.41. The molecular weight excluding hydrogens is 406 g/mol. The number of amides is 3. The van der Waals surface area contributed by atoms with Crippen molar-refractivity contribution in [2.45, 2.75) is 37.1 Å². The first-order chi connectivity index (χ1) is 14.5. The van der Waals surface area contributed by atoms with Gasteiger partial charge in [0.05, 0.1) is 12.0 Å². The van der Waals surface area contributed by atoms with Gasteiger partial charge in [-0.25, -0.2) is 4.79 Å². The molecule has 8 nitrogen and oxygen atoms in total. The number of hydrogen-bond acceptors (Lipinski definition) is 5. The van der Waals surface area contributed by atoms with E-state index in [0.29, 0.717) is 13.1 Å². The number of benzene rings is 1. The van der Waals surface area contributed by atoms with Crippen LogP contribution in [0.3, 0.4) is 0 Å². The minimum absolute atomic E-state index is 0.141. The van der Waals surface area contributed by atoms with Gasteiger partial charge in [-0.15, -0.1) is 11.8 Å². The largest absolute Gasteiger partial charge is 0.477 e. The lowest BCUT2D eigenvalue weighted by molar-refractivity contribution is -0.151. The summed E-state index contributed by atoms with van der Waals surface area (Å²) >= 11 is 1.32. The van der Waals surface area contributed by atoms with Gasteiger partial charge in [-0.05, 0) is 24.8 Å². The third kappa shape index (κ3) is 3.81. The standard InChI is InChI=1S/C21H23N3O5S/c25-15(11-13-7-3-1-4-8-13)22-16-19(27)24-17(21(28)29)14(12-30-20(16)24)18(26)23-9-5-2-6-10-23/h1,3-4,7-8,16,20H,2,5-6,9-12H2,(H,22,25)(H,28,29)/t16?,20-/m1/s1. The molecule has 2 atom stereocenters. The predicted molar refractivity (Wildman–Crippen MR) is 110 cm³/mol. The van der Waals surface area contributed by atoms with Crippen LogP contribution in [-0.2, 0) is 25.6 Å². The minimum Gasteiger partial charge on any atom is -0.477 e. The predicted octanol–water partition coefficient (Wildman–Crippen LogP) is 0.980. The van der Waals surface area contributed by atoms with Crippen LogP contribution in [-0.4, -0.2) is 68.9 Å². The van der Waals surface area contributed by atoms with Crippen molar-refractivity contribution in [1.29, 1.82) is 0 Å². The molecule has 1 unspecified atom stereocenters. The van der Waals surface area contributed by atoms with Crippen molar-refractivity contribution in [1.82, 2.24) is 15.1 Å². The Hall–Kier alpha value is -2.81. The molecule has 1 aromatic carbocycles. The molecule has 4 rings (SSSR count). The van der Waals surface area contributed by atoms with Gasteiger partial charge in [0, 0.05) is 18.8 Å². The van der Waals surface area contributed by atoms with Crippen molar-refractivity contribution in [3.05, 3.63) is 47.2 Å². The molecule has 158 valence electrons. The molecule has 2 N–H and O–H groups in total. The van der Waals surface area contributed by atoms with E-state index < -0.39 is 23.3 Å². The summed E-state index contributed by atoms with van der Waals surface area (Å²) in [6, 6.07) is 8.39. The minimum atomic E-state index is -1.29. The Bertz CT molecular complexity index is 910. The molecule has 2 saturated heterocycles. The van der Waals surface area contributed by atoms with Crippen LogP contribution in [0, 0.1) is 0 Å². The van der Waals surface area contributed by atoms with E-state index in [9.17, 15) is 24.3 Å². The lowest BCUT2D eigenvalue weighted by Gasteiger charge is -2.49. The number of rotatable bonds is 5. The fourth-order valence-electron chi connectivity index (χ4n) is 4.08. The highest BCUT2D eigenvalue weighted by molar-refractivity contribution is 8.00. The number of aliphatic carboxylic acids is 1. The zero-order valence-electron chi connectivity index (χ0n) is 16.4. The van der Waals surface area contributed by atoms with Crippen LogP contribution in [0.5, 0.6) is 0 Å². The Balaban J connectivity index is 1.48. The molecular formula is C21H23N3O5S. The normalized spacial score (nSPS) is 23.5. The Kier molecular flexibility index (Phi) is 5.80. The Labute approximate surface area is 178 Å². The second kappa shape index (κ2) is 8.51. The first kappa shape index (κ1) is 20.5. The maximum Gasteiger partial charge on any atom is 0.353 e. The summed E-state index contributed by atoms with van der Waals surface area (Å²) in [7, 11) is 0. The van der Waals surface area contributed by atoms with E-state index in [-0.39, 0.29) is 35.3 Å². The molecule has 9 heteroatoms. The Morgan fingerprint density at radius 2 is 1.80 bits per heavy atom. The lowest BCUT2D eigenvalue weighted by atomic mass is 10.0. The maximum absolute atomic E-state index is 12.9. The number of carbonyl (C=O) groups is 4. The van der Waals surface area contributed by atoms with Crippen molar-refractivity contribution in [2.24, 2.45) is 0 Å². The number of β-lactam (4-membered cyclic amide) rings is 1. The highest BCUT2D eigenvalue weighted by atomic mass is 32.2. The number of thioether (sulfide) groups is 1. The SMILES string of the molecule is O=C(Cc1ccccc1)NC1C(=O)N2C(C(=O)O)=C(C(=O)N3CCCCC3)CS[C@H]12. The Morgan fingerprint density at radius 1 is 1.10 bits per heavy atom. The number of fused-ring (bicyclic) bond motifs is 1. The van der Waals surface area contributed by atoms with Crippen molar-refractivity contribution in [2.75, 3.05) is 18.8 Å². The first-order valence-electron chi connectivity index (χ1n) is 10.0. The van der Waals surface area contributed by atoms with Crippen LogP contribution < -0.4 is 5.32 Å². The fraction of sp³-hybridized carbons (Fsp3) is 0.429. The van der Waals surface area contributed by atoms with Crippen molar-refractivity contribution >= 4 is 35.5 Å². The molecule has 2 fully saturated rings. The van der Waals surface area contributed by atoms with Crippen molar-refractivity contribution < 1.29 is 24.3 Å². The van der Waals surface area contributed by atoms with Crippen molar-refractivity contribution in [3.8, 4) is 0 Å². The summed E-state index contributed by atoms with van der Waals surface area (Å²) in [5.41, 5.74) is 0.747. The van der Waals surface area contributed by atoms with E-state index >= 15 is 0 Å². The number of hydrogen-bond donors (Lipinski definition) is 2. The van der Waals surface area contributed by atoms with Gasteiger partial charge in [-0.1, -0.05) is 30.3 Å². The molecule has 0 aromatic heterocycles. The van der Waals surface area contributed by atoms with E-state index in [4.69, 9.17) is 0 Å². The zero-order valence-corrected chi connectivity index (χ0v) is 17.2. The molecule has 0 radical (unpaired) electrons. The molecule has 3 amide bonds. The summed E-state index contributed by atoms with van der Waals surface area (Å²) in [6.45, 7) is 1.21. The van der Waals surface area contributed by atoms with E-state index in [1.807, 2.05) is 30.3 Å². The van der Waals surface area contributed by atoms with Gasteiger partial charge in [0.2, 0.25) is 5.91 Å².